The number of aryl methyl sites for hydroxylation is 2. The molecule has 1 aliphatic carbocycles. The minimum absolute atomic E-state index is 0.955. The molecule has 0 fully saturated rings. The Bertz CT molecular complexity index is 772. The van der Waals surface area contributed by atoms with E-state index < -0.39 is 0 Å². The number of hydrogen-bond acceptors (Lipinski definition) is 0. The van der Waals surface area contributed by atoms with Gasteiger partial charge in [0.05, 0.1) is 0 Å². The highest BCUT2D eigenvalue weighted by Crippen LogP contribution is 2.38. The highest BCUT2D eigenvalue weighted by molar-refractivity contribution is 5.98. The van der Waals surface area contributed by atoms with Crippen molar-refractivity contribution >= 4 is 11.1 Å². The van der Waals surface area contributed by atoms with Gasteiger partial charge in [0.15, 0.2) is 0 Å². The summed E-state index contributed by atoms with van der Waals surface area (Å²) in [6, 6.07) is 15.0. The Morgan fingerprint density at radius 1 is 1.05 bits per heavy atom. The molecule has 0 atom stereocenters. The van der Waals surface area contributed by atoms with Crippen LogP contribution in [-0.4, -0.2) is 0 Å². The van der Waals surface area contributed by atoms with E-state index in [1.807, 2.05) is 0 Å². The highest BCUT2D eigenvalue weighted by atomic mass is 14.2. The molecule has 0 unspecified atom stereocenters. The largest absolute Gasteiger partial charge is 0.0905 e. The molecule has 3 rings (SSSR count). The predicted molar refractivity (Wildman–Crippen MR) is 92.2 cm³/mol. The molecule has 2 aromatic rings. The molecule has 0 aromatic heterocycles. The Kier molecular flexibility index (Phi) is 3.39. The van der Waals surface area contributed by atoms with Crippen molar-refractivity contribution in [3.05, 3.63) is 95.1 Å². The molecular weight excluding hydrogens is 252 g/mol. The predicted octanol–water partition coefficient (Wildman–Crippen LogP) is 5.51. The average molecular weight is 272 g/mol. The fourth-order valence-electron chi connectivity index (χ4n) is 3.03. The van der Waals surface area contributed by atoms with E-state index in [2.05, 4.69) is 75.5 Å². The third-order valence-corrected chi connectivity index (χ3v) is 4.23. The van der Waals surface area contributed by atoms with Crippen LogP contribution < -0.4 is 0 Å². The van der Waals surface area contributed by atoms with Crippen LogP contribution in [0.25, 0.3) is 11.1 Å². The first-order valence-corrected chi connectivity index (χ1v) is 7.32. The normalized spacial score (nSPS) is 13.6. The lowest BCUT2D eigenvalue weighted by molar-refractivity contribution is 1.19. The highest BCUT2D eigenvalue weighted by Gasteiger charge is 2.18. The van der Waals surface area contributed by atoms with Gasteiger partial charge in [-0.1, -0.05) is 67.3 Å². The monoisotopic (exact) mass is 272 g/mol. The fourth-order valence-corrected chi connectivity index (χ4v) is 3.03. The summed E-state index contributed by atoms with van der Waals surface area (Å²) in [6.07, 6.45) is 3.22. The van der Waals surface area contributed by atoms with Crippen molar-refractivity contribution < 1.29 is 0 Å². The molecule has 0 saturated carbocycles. The van der Waals surface area contributed by atoms with Crippen molar-refractivity contribution in [1.82, 2.24) is 0 Å². The van der Waals surface area contributed by atoms with E-state index in [1.165, 1.54) is 33.4 Å². The minimum atomic E-state index is 0.955. The second-order valence-corrected chi connectivity index (χ2v) is 5.75. The maximum atomic E-state index is 4.32. The van der Waals surface area contributed by atoms with Gasteiger partial charge < -0.3 is 0 Å². The molecule has 0 saturated heterocycles. The van der Waals surface area contributed by atoms with Crippen molar-refractivity contribution in [1.29, 1.82) is 0 Å². The van der Waals surface area contributed by atoms with Gasteiger partial charge in [-0.15, -0.1) is 0 Å². The molecule has 0 heterocycles. The maximum Gasteiger partial charge on any atom is -0.00818 e. The Hall–Kier alpha value is -2.34. The minimum Gasteiger partial charge on any atom is -0.0905 e. The average Bonchev–Trinajstić information content (AvgIpc) is 2.47. The lowest BCUT2D eigenvalue weighted by Gasteiger charge is -2.22. The molecule has 0 N–H and O–H groups in total. The van der Waals surface area contributed by atoms with Crippen LogP contribution in [0, 0.1) is 13.8 Å². The molecule has 0 radical (unpaired) electrons. The summed E-state index contributed by atoms with van der Waals surface area (Å²) < 4.78 is 0. The molecule has 1 aliphatic rings. The van der Waals surface area contributed by atoms with Crippen molar-refractivity contribution in [3.8, 4) is 0 Å². The first-order valence-electron chi connectivity index (χ1n) is 7.32. The van der Waals surface area contributed by atoms with Gasteiger partial charge in [-0.2, -0.15) is 0 Å². The van der Waals surface area contributed by atoms with Gasteiger partial charge in [-0.25, -0.2) is 0 Å². The number of hydrogen-bond donors (Lipinski definition) is 0. The lowest BCUT2D eigenvalue weighted by Crippen LogP contribution is -2.04. The molecule has 2 aromatic carbocycles. The third kappa shape index (κ3) is 2.38. The molecule has 0 spiro atoms. The van der Waals surface area contributed by atoms with Crippen LogP contribution in [0.5, 0.6) is 0 Å². The topological polar surface area (TPSA) is 0 Å². The van der Waals surface area contributed by atoms with Gasteiger partial charge in [0.1, 0.15) is 0 Å². The summed E-state index contributed by atoms with van der Waals surface area (Å²) in [4.78, 5) is 0. The standard InChI is InChI=1S/C21H20/c1-14-9-11-21-17(4)20(12-10-18(21)13-14)16(3)19-8-6-5-7-15(19)2/h5-9,11-13H,3-4,10H2,1-2H3. The SMILES string of the molecule is C=C(C1=CCc2cc(C)ccc2C1=C)c1ccccc1C. The Labute approximate surface area is 127 Å². The molecule has 21 heavy (non-hydrogen) atoms. The molecule has 0 nitrogen and oxygen atoms in total. The number of allylic oxidation sites excluding steroid dienone is 4. The summed E-state index contributed by atoms with van der Waals surface area (Å²) in [7, 11) is 0. The number of rotatable bonds is 2. The van der Waals surface area contributed by atoms with Crippen LogP contribution in [0.1, 0.15) is 27.8 Å². The molecule has 0 aliphatic heterocycles. The van der Waals surface area contributed by atoms with Crippen LogP contribution in [-0.2, 0) is 6.42 Å². The zero-order chi connectivity index (χ0) is 15.0. The van der Waals surface area contributed by atoms with Crippen LogP contribution in [0.4, 0.5) is 0 Å². The zero-order valence-electron chi connectivity index (χ0n) is 12.7. The van der Waals surface area contributed by atoms with Crippen molar-refractivity contribution in [3.63, 3.8) is 0 Å². The van der Waals surface area contributed by atoms with Crippen LogP contribution >= 0.6 is 0 Å². The summed E-state index contributed by atoms with van der Waals surface area (Å²) in [5.41, 5.74) is 9.73. The Balaban J connectivity index is 2.01. The van der Waals surface area contributed by atoms with Crippen molar-refractivity contribution in [2.75, 3.05) is 0 Å². The van der Waals surface area contributed by atoms with Crippen molar-refractivity contribution in [2.45, 2.75) is 20.3 Å². The lowest BCUT2D eigenvalue weighted by atomic mass is 9.82. The summed E-state index contributed by atoms with van der Waals surface area (Å²) >= 11 is 0. The fraction of sp³-hybridized carbons (Fsp3) is 0.143. The van der Waals surface area contributed by atoms with Crippen LogP contribution in [0.3, 0.4) is 0 Å². The molecule has 0 heteroatoms. The maximum absolute atomic E-state index is 4.32. The molecule has 0 amide bonds. The second-order valence-electron chi connectivity index (χ2n) is 5.75. The summed E-state index contributed by atoms with van der Waals surface area (Å²) in [5.74, 6) is 0. The first-order chi connectivity index (χ1) is 10.1. The van der Waals surface area contributed by atoms with Gasteiger partial charge in [0.2, 0.25) is 0 Å². The van der Waals surface area contributed by atoms with Crippen molar-refractivity contribution in [2.24, 2.45) is 0 Å². The van der Waals surface area contributed by atoms with E-state index in [9.17, 15) is 0 Å². The number of benzene rings is 2. The van der Waals surface area contributed by atoms with E-state index in [0.29, 0.717) is 0 Å². The zero-order valence-corrected chi connectivity index (χ0v) is 12.7. The van der Waals surface area contributed by atoms with Gasteiger partial charge in [-0.05, 0) is 59.2 Å². The van der Waals surface area contributed by atoms with Gasteiger partial charge >= 0.3 is 0 Å². The Morgan fingerprint density at radius 3 is 2.57 bits per heavy atom. The van der Waals surface area contributed by atoms with Gasteiger partial charge in [0, 0.05) is 0 Å². The van der Waals surface area contributed by atoms with E-state index in [0.717, 1.165) is 17.6 Å². The molecule has 104 valence electrons. The van der Waals surface area contributed by atoms with Gasteiger partial charge in [0.25, 0.3) is 0 Å². The van der Waals surface area contributed by atoms with E-state index in [4.69, 9.17) is 0 Å². The quantitative estimate of drug-likeness (QED) is 0.676. The molecule has 0 bridgehead atoms. The summed E-state index contributed by atoms with van der Waals surface area (Å²) in [6.45, 7) is 12.9. The van der Waals surface area contributed by atoms with Gasteiger partial charge in [-0.3, -0.25) is 0 Å². The van der Waals surface area contributed by atoms with Crippen LogP contribution in [0.15, 0.2) is 67.3 Å². The first kappa shape index (κ1) is 13.6. The van der Waals surface area contributed by atoms with E-state index in [-0.39, 0.29) is 0 Å². The second kappa shape index (κ2) is 5.21. The van der Waals surface area contributed by atoms with E-state index >= 15 is 0 Å². The smallest absolute Gasteiger partial charge is 0.00818 e. The number of fused-ring (bicyclic) bond motifs is 1. The Morgan fingerprint density at radius 2 is 1.81 bits per heavy atom. The van der Waals surface area contributed by atoms with E-state index in [1.54, 1.807) is 0 Å². The summed E-state index contributed by atoms with van der Waals surface area (Å²) in [5, 5.41) is 0. The molecular formula is C21H20. The van der Waals surface area contributed by atoms with Crippen LogP contribution in [0.2, 0.25) is 0 Å². The third-order valence-electron chi connectivity index (χ3n) is 4.23.